The van der Waals surface area contributed by atoms with Crippen molar-refractivity contribution in [2.75, 3.05) is 18.6 Å². The molecule has 2 unspecified atom stereocenters. The van der Waals surface area contributed by atoms with Gasteiger partial charge in [-0.1, -0.05) is 18.2 Å². The number of nitrogens with one attached hydrogen (secondary N) is 1. The number of hydrogen-bond acceptors (Lipinski definition) is 4. The second kappa shape index (κ2) is 8.32. The summed E-state index contributed by atoms with van der Waals surface area (Å²) in [6, 6.07) is 6.09. The Hall–Kier alpha value is -2.83. The number of carbonyl (C=O) groups is 3. The van der Waals surface area contributed by atoms with Crippen molar-refractivity contribution in [3.05, 3.63) is 36.9 Å². The predicted octanol–water partition coefficient (Wildman–Crippen LogP) is 1.58. The fraction of sp³-hybridized carbons (Fsp3) is 0.389. The maximum atomic E-state index is 12.4. The zero-order valence-electron chi connectivity index (χ0n) is 14.1. The maximum absolute atomic E-state index is 12.4. The second-order valence-electron chi connectivity index (χ2n) is 5.84. The fourth-order valence-electron chi connectivity index (χ4n) is 2.80. The highest BCUT2D eigenvalue weighted by atomic mass is 16.5. The van der Waals surface area contributed by atoms with Gasteiger partial charge in [0.25, 0.3) is 0 Å². The third-order valence-corrected chi connectivity index (χ3v) is 4.15. The number of carboxylic acids is 1. The molecule has 25 heavy (non-hydrogen) atoms. The van der Waals surface area contributed by atoms with E-state index in [1.165, 1.54) is 12.0 Å². The summed E-state index contributed by atoms with van der Waals surface area (Å²) in [5.41, 5.74) is 0.603. The Morgan fingerprint density at radius 2 is 2.20 bits per heavy atom. The van der Waals surface area contributed by atoms with E-state index in [-0.39, 0.29) is 25.3 Å². The van der Waals surface area contributed by atoms with Crippen LogP contribution in [0.3, 0.4) is 0 Å². The summed E-state index contributed by atoms with van der Waals surface area (Å²) in [5, 5.41) is 11.7. The molecule has 0 aliphatic carbocycles. The minimum atomic E-state index is -1.10. The van der Waals surface area contributed by atoms with Gasteiger partial charge < -0.3 is 20.1 Å². The average Bonchev–Trinajstić information content (AvgIpc) is 2.99. The Balaban J connectivity index is 2.07. The van der Waals surface area contributed by atoms with Crippen molar-refractivity contribution in [1.82, 2.24) is 5.32 Å². The van der Waals surface area contributed by atoms with Crippen LogP contribution in [-0.2, 0) is 14.4 Å². The van der Waals surface area contributed by atoms with Gasteiger partial charge in [-0.05, 0) is 25.0 Å². The number of anilines is 1. The highest BCUT2D eigenvalue weighted by molar-refractivity contribution is 6.01. The van der Waals surface area contributed by atoms with Crippen molar-refractivity contribution >= 4 is 23.5 Å². The molecule has 2 rings (SSSR count). The summed E-state index contributed by atoms with van der Waals surface area (Å²) < 4.78 is 5.26. The van der Waals surface area contributed by atoms with Crippen LogP contribution in [0.1, 0.15) is 19.3 Å². The highest BCUT2D eigenvalue weighted by Crippen LogP contribution is 2.32. The van der Waals surface area contributed by atoms with E-state index in [1.807, 2.05) is 0 Å². The van der Waals surface area contributed by atoms with E-state index >= 15 is 0 Å². The zero-order chi connectivity index (χ0) is 18.4. The summed E-state index contributed by atoms with van der Waals surface area (Å²) in [6.07, 6.45) is 2.39. The molecule has 7 heteroatoms. The molecule has 0 radical (unpaired) electrons. The van der Waals surface area contributed by atoms with Crippen LogP contribution in [0, 0.1) is 5.92 Å². The quantitative estimate of drug-likeness (QED) is 0.697. The molecule has 1 fully saturated rings. The molecule has 1 aliphatic heterocycles. The van der Waals surface area contributed by atoms with Crippen LogP contribution >= 0.6 is 0 Å². The van der Waals surface area contributed by atoms with Gasteiger partial charge in [-0.2, -0.15) is 0 Å². The van der Waals surface area contributed by atoms with E-state index in [2.05, 4.69) is 11.9 Å². The number of benzene rings is 1. The molecule has 134 valence electrons. The number of methoxy groups -OCH3 is 1. The number of aliphatic carboxylic acids is 1. The highest BCUT2D eigenvalue weighted by Gasteiger charge is 2.37. The van der Waals surface area contributed by atoms with Gasteiger partial charge in [0.2, 0.25) is 11.8 Å². The molecule has 2 N–H and O–H groups in total. The molecule has 0 spiro atoms. The number of ether oxygens (including phenoxy) is 1. The van der Waals surface area contributed by atoms with Crippen LogP contribution < -0.4 is 15.0 Å². The van der Waals surface area contributed by atoms with Crippen LogP contribution in [0.4, 0.5) is 5.69 Å². The molecule has 0 saturated carbocycles. The van der Waals surface area contributed by atoms with E-state index < -0.39 is 23.8 Å². The van der Waals surface area contributed by atoms with Crippen molar-refractivity contribution in [2.24, 2.45) is 5.92 Å². The van der Waals surface area contributed by atoms with Crippen molar-refractivity contribution in [3.8, 4) is 5.75 Å². The number of nitrogens with zero attached hydrogens (tertiary/aromatic N) is 1. The first kappa shape index (κ1) is 18.5. The standard InChI is InChI=1S/C18H22N2O5/c1-3-4-7-13(18(23)24)19-17(22)12-10-16(21)20(11-12)14-8-5-6-9-15(14)25-2/h3,5-6,8-9,12-13H,1,4,7,10-11H2,2H3,(H,19,22)(H,23,24). The lowest BCUT2D eigenvalue weighted by Crippen LogP contribution is -2.44. The monoisotopic (exact) mass is 346 g/mol. The Morgan fingerprint density at radius 1 is 1.48 bits per heavy atom. The molecule has 1 aromatic rings. The van der Waals surface area contributed by atoms with E-state index in [0.29, 0.717) is 17.9 Å². The zero-order valence-corrected chi connectivity index (χ0v) is 14.1. The van der Waals surface area contributed by atoms with E-state index in [0.717, 1.165) is 0 Å². The Morgan fingerprint density at radius 3 is 2.84 bits per heavy atom. The number of allylic oxidation sites excluding steroid dienone is 1. The molecule has 1 aromatic carbocycles. The van der Waals surface area contributed by atoms with Crippen LogP contribution in [0.15, 0.2) is 36.9 Å². The average molecular weight is 346 g/mol. The molecular formula is C18H22N2O5. The fourth-order valence-corrected chi connectivity index (χ4v) is 2.80. The molecule has 2 amide bonds. The third kappa shape index (κ3) is 4.37. The van der Waals surface area contributed by atoms with Crippen LogP contribution in [0.25, 0.3) is 0 Å². The first-order valence-electron chi connectivity index (χ1n) is 8.05. The molecule has 2 atom stereocenters. The maximum Gasteiger partial charge on any atom is 0.326 e. The SMILES string of the molecule is C=CCCC(NC(=O)C1CC(=O)N(c2ccccc2OC)C1)C(=O)O. The molecule has 0 bridgehead atoms. The van der Waals surface area contributed by atoms with Crippen LogP contribution in [0.5, 0.6) is 5.75 Å². The lowest BCUT2D eigenvalue weighted by Gasteiger charge is -2.20. The number of carboxylic acid groups (broad SMARTS) is 1. The third-order valence-electron chi connectivity index (χ3n) is 4.15. The van der Waals surface area contributed by atoms with Crippen molar-refractivity contribution in [1.29, 1.82) is 0 Å². The van der Waals surface area contributed by atoms with Gasteiger partial charge in [-0.25, -0.2) is 4.79 Å². The minimum absolute atomic E-state index is 0.0394. The lowest BCUT2D eigenvalue weighted by atomic mass is 10.1. The summed E-state index contributed by atoms with van der Waals surface area (Å²) >= 11 is 0. The molecule has 7 nitrogen and oxygen atoms in total. The summed E-state index contributed by atoms with van der Waals surface area (Å²) in [7, 11) is 1.51. The topological polar surface area (TPSA) is 95.9 Å². The molecule has 1 heterocycles. The number of hydrogen-bond donors (Lipinski definition) is 2. The first-order valence-corrected chi connectivity index (χ1v) is 8.05. The number of para-hydroxylation sites is 2. The smallest absolute Gasteiger partial charge is 0.326 e. The summed E-state index contributed by atoms with van der Waals surface area (Å²) in [6.45, 7) is 3.74. The van der Waals surface area contributed by atoms with Gasteiger partial charge in [0.05, 0.1) is 18.7 Å². The van der Waals surface area contributed by atoms with Gasteiger partial charge in [-0.3, -0.25) is 9.59 Å². The van der Waals surface area contributed by atoms with Gasteiger partial charge in [0, 0.05) is 13.0 Å². The first-order chi connectivity index (χ1) is 12.0. The minimum Gasteiger partial charge on any atom is -0.495 e. The lowest BCUT2D eigenvalue weighted by molar-refractivity contribution is -0.142. The molecular weight excluding hydrogens is 324 g/mol. The number of carbonyl (C=O) groups excluding carboxylic acids is 2. The Labute approximate surface area is 146 Å². The van der Waals surface area contributed by atoms with Crippen LogP contribution in [0.2, 0.25) is 0 Å². The van der Waals surface area contributed by atoms with Gasteiger partial charge in [-0.15, -0.1) is 6.58 Å². The number of rotatable bonds is 8. The van der Waals surface area contributed by atoms with Gasteiger partial charge in [0.1, 0.15) is 11.8 Å². The summed E-state index contributed by atoms with van der Waals surface area (Å²) in [4.78, 5) is 37.4. The number of amides is 2. The Bertz CT molecular complexity index is 673. The molecule has 1 aliphatic rings. The summed E-state index contributed by atoms with van der Waals surface area (Å²) in [5.74, 6) is -1.76. The largest absolute Gasteiger partial charge is 0.495 e. The second-order valence-corrected chi connectivity index (χ2v) is 5.84. The van der Waals surface area contributed by atoms with Crippen LogP contribution in [-0.4, -0.2) is 42.6 Å². The molecule has 1 saturated heterocycles. The van der Waals surface area contributed by atoms with Crippen molar-refractivity contribution in [2.45, 2.75) is 25.3 Å². The normalized spacial score (nSPS) is 17.9. The van der Waals surface area contributed by atoms with E-state index in [1.54, 1.807) is 30.3 Å². The van der Waals surface area contributed by atoms with E-state index in [9.17, 15) is 19.5 Å². The van der Waals surface area contributed by atoms with Gasteiger partial charge >= 0.3 is 5.97 Å². The van der Waals surface area contributed by atoms with Gasteiger partial charge in [0.15, 0.2) is 0 Å². The van der Waals surface area contributed by atoms with E-state index in [4.69, 9.17) is 4.74 Å². The van der Waals surface area contributed by atoms with Crippen molar-refractivity contribution in [3.63, 3.8) is 0 Å². The van der Waals surface area contributed by atoms with Crippen molar-refractivity contribution < 1.29 is 24.2 Å². The predicted molar refractivity (Wildman–Crippen MR) is 92.5 cm³/mol. The Kier molecular flexibility index (Phi) is 6.16. The molecule has 0 aromatic heterocycles.